The highest BCUT2D eigenvalue weighted by atomic mass is 16.5. The number of amides is 2. The second kappa shape index (κ2) is 2.65. The van der Waals surface area contributed by atoms with E-state index in [1.54, 1.807) is 0 Å². The van der Waals surface area contributed by atoms with Gasteiger partial charge in [0, 0.05) is 18.6 Å². The molecule has 0 aromatic heterocycles. The van der Waals surface area contributed by atoms with E-state index in [1.165, 1.54) is 4.90 Å². The SMILES string of the molecule is NC1C2CCOC2C1N1C(=O)C2CC2C1=O. The van der Waals surface area contributed by atoms with Gasteiger partial charge in [0.05, 0.1) is 24.0 Å². The van der Waals surface area contributed by atoms with E-state index in [0.29, 0.717) is 12.5 Å². The molecular weight excluding hydrogens is 208 g/mol. The average Bonchev–Trinajstić information content (AvgIpc) is 2.90. The summed E-state index contributed by atoms with van der Waals surface area (Å²) in [5, 5.41) is 0. The Balaban J connectivity index is 1.62. The summed E-state index contributed by atoms with van der Waals surface area (Å²) in [5.41, 5.74) is 6.05. The van der Waals surface area contributed by atoms with Crippen LogP contribution in [0.25, 0.3) is 0 Å². The molecule has 6 unspecified atom stereocenters. The fourth-order valence-corrected chi connectivity index (χ4v) is 3.54. The van der Waals surface area contributed by atoms with Crippen molar-refractivity contribution in [1.29, 1.82) is 0 Å². The second-order valence-electron chi connectivity index (χ2n) is 5.35. The minimum absolute atomic E-state index is 0.00981. The summed E-state index contributed by atoms with van der Waals surface area (Å²) in [6.07, 6.45) is 1.73. The molecule has 4 aliphatic rings. The standard InChI is InChI=1S/C11H14N2O3/c12-7-4-1-2-16-9(4)8(7)13-10(14)5-3-6(5)11(13)15/h4-9H,1-3,12H2. The highest BCUT2D eigenvalue weighted by Gasteiger charge is 2.66. The molecule has 2 aliphatic carbocycles. The van der Waals surface area contributed by atoms with Gasteiger partial charge in [0.2, 0.25) is 11.8 Å². The van der Waals surface area contributed by atoms with Crippen LogP contribution < -0.4 is 5.73 Å². The molecule has 2 N–H and O–H groups in total. The third-order valence-corrected chi connectivity index (χ3v) is 4.61. The molecule has 0 aromatic rings. The van der Waals surface area contributed by atoms with Crippen molar-refractivity contribution in [2.45, 2.75) is 31.0 Å². The van der Waals surface area contributed by atoms with E-state index < -0.39 is 0 Å². The number of imide groups is 1. The lowest BCUT2D eigenvalue weighted by Gasteiger charge is -2.49. The second-order valence-corrected chi connectivity index (χ2v) is 5.35. The number of carbonyl (C=O) groups excluding carboxylic acids is 2. The van der Waals surface area contributed by atoms with Crippen LogP contribution in [-0.4, -0.2) is 41.5 Å². The summed E-state index contributed by atoms with van der Waals surface area (Å²) in [4.78, 5) is 25.3. The molecule has 86 valence electrons. The number of hydrogen-bond acceptors (Lipinski definition) is 4. The van der Waals surface area contributed by atoms with Crippen molar-refractivity contribution in [2.24, 2.45) is 23.5 Å². The van der Waals surface area contributed by atoms with Gasteiger partial charge in [-0.2, -0.15) is 0 Å². The normalized spacial score (nSPS) is 53.7. The third kappa shape index (κ3) is 0.858. The van der Waals surface area contributed by atoms with Crippen LogP contribution in [0.1, 0.15) is 12.8 Å². The van der Waals surface area contributed by atoms with E-state index in [-0.39, 0.29) is 41.8 Å². The number of piperidine rings is 1. The maximum absolute atomic E-state index is 11.9. The van der Waals surface area contributed by atoms with Crippen molar-refractivity contribution in [3.8, 4) is 0 Å². The summed E-state index contributed by atoms with van der Waals surface area (Å²) in [6, 6.07) is -0.252. The van der Waals surface area contributed by atoms with Crippen LogP contribution in [0.5, 0.6) is 0 Å². The van der Waals surface area contributed by atoms with E-state index in [2.05, 4.69) is 0 Å². The zero-order chi connectivity index (χ0) is 11.0. The van der Waals surface area contributed by atoms with Gasteiger partial charge in [-0.15, -0.1) is 0 Å². The molecule has 2 amide bonds. The van der Waals surface area contributed by atoms with Crippen LogP contribution in [0.2, 0.25) is 0 Å². The Bertz CT molecular complexity index is 377. The zero-order valence-corrected chi connectivity index (χ0v) is 8.83. The zero-order valence-electron chi connectivity index (χ0n) is 8.83. The first kappa shape index (κ1) is 9.13. The smallest absolute Gasteiger partial charge is 0.233 e. The quantitative estimate of drug-likeness (QED) is 0.584. The third-order valence-electron chi connectivity index (χ3n) is 4.61. The first-order valence-electron chi connectivity index (χ1n) is 5.94. The molecule has 4 rings (SSSR count). The largest absolute Gasteiger partial charge is 0.376 e. The molecule has 0 spiro atoms. The minimum Gasteiger partial charge on any atom is -0.376 e. The van der Waals surface area contributed by atoms with Crippen LogP contribution >= 0.6 is 0 Å². The number of carbonyl (C=O) groups is 2. The number of rotatable bonds is 1. The molecule has 0 aromatic carbocycles. The molecule has 0 bridgehead atoms. The lowest BCUT2D eigenvalue weighted by atomic mass is 9.71. The Hall–Kier alpha value is -0.940. The van der Waals surface area contributed by atoms with Gasteiger partial charge in [0.25, 0.3) is 0 Å². The van der Waals surface area contributed by atoms with Crippen LogP contribution in [0, 0.1) is 17.8 Å². The molecule has 5 heteroatoms. The van der Waals surface area contributed by atoms with E-state index in [1.807, 2.05) is 0 Å². The minimum atomic E-state index is -0.180. The number of fused-ring (bicyclic) bond motifs is 2. The van der Waals surface area contributed by atoms with Gasteiger partial charge in [-0.05, 0) is 12.8 Å². The molecular formula is C11H14N2O3. The topological polar surface area (TPSA) is 72.6 Å². The molecule has 5 nitrogen and oxygen atoms in total. The molecule has 16 heavy (non-hydrogen) atoms. The number of nitrogens with two attached hydrogens (primary N) is 1. The van der Waals surface area contributed by atoms with Crippen molar-refractivity contribution in [3.63, 3.8) is 0 Å². The predicted octanol–water partition coefficient (Wildman–Crippen LogP) is -0.894. The number of nitrogens with zero attached hydrogens (tertiary/aromatic N) is 1. The van der Waals surface area contributed by atoms with E-state index in [0.717, 1.165) is 12.8 Å². The van der Waals surface area contributed by atoms with Crippen molar-refractivity contribution in [3.05, 3.63) is 0 Å². The Morgan fingerprint density at radius 1 is 1.25 bits per heavy atom. The fourth-order valence-electron chi connectivity index (χ4n) is 3.54. The summed E-state index contributed by atoms with van der Waals surface area (Å²) in [6.45, 7) is 0.711. The maximum Gasteiger partial charge on any atom is 0.233 e. The van der Waals surface area contributed by atoms with Gasteiger partial charge < -0.3 is 10.5 Å². The van der Waals surface area contributed by atoms with E-state index >= 15 is 0 Å². The first-order valence-corrected chi connectivity index (χ1v) is 5.94. The molecule has 2 saturated heterocycles. The van der Waals surface area contributed by atoms with Crippen molar-refractivity contribution in [2.75, 3.05) is 6.61 Å². The van der Waals surface area contributed by atoms with Crippen molar-refractivity contribution >= 4 is 11.8 Å². The van der Waals surface area contributed by atoms with E-state index in [9.17, 15) is 9.59 Å². The number of likely N-dealkylation sites (tertiary alicyclic amines) is 1. The van der Waals surface area contributed by atoms with E-state index in [4.69, 9.17) is 10.5 Å². The molecule has 4 fully saturated rings. The Kier molecular flexibility index (Phi) is 1.51. The van der Waals surface area contributed by atoms with Gasteiger partial charge >= 0.3 is 0 Å². The van der Waals surface area contributed by atoms with Gasteiger partial charge in [-0.25, -0.2) is 0 Å². The van der Waals surface area contributed by atoms with Crippen LogP contribution in [0.4, 0.5) is 0 Å². The average molecular weight is 222 g/mol. The van der Waals surface area contributed by atoms with Crippen LogP contribution in [0.15, 0.2) is 0 Å². The van der Waals surface area contributed by atoms with Gasteiger partial charge in [0.15, 0.2) is 0 Å². The maximum atomic E-state index is 11.9. The monoisotopic (exact) mass is 222 g/mol. The molecule has 6 atom stereocenters. The summed E-state index contributed by atoms with van der Waals surface area (Å²) in [5.74, 6) is 0.275. The first-order chi connectivity index (χ1) is 7.70. The highest BCUT2D eigenvalue weighted by Crippen LogP contribution is 2.51. The Morgan fingerprint density at radius 2 is 1.94 bits per heavy atom. The van der Waals surface area contributed by atoms with Gasteiger partial charge in [0.1, 0.15) is 0 Å². The molecule has 2 saturated carbocycles. The number of hydrogen-bond donors (Lipinski definition) is 1. The van der Waals surface area contributed by atoms with Crippen molar-refractivity contribution < 1.29 is 14.3 Å². The molecule has 0 radical (unpaired) electrons. The fraction of sp³-hybridized carbons (Fsp3) is 0.818. The van der Waals surface area contributed by atoms with Gasteiger partial charge in [-0.3, -0.25) is 14.5 Å². The lowest BCUT2D eigenvalue weighted by Crippen LogP contribution is -2.70. The Morgan fingerprint density at radius 3 is 2.62 bits per heavy atom. The highest BCUT2D eigenvalue weighted by molar-refractivity contribution is 6.09. The summed E-state index contributed by atoms with van der Waals surface area (Å²) < 4.78 is 5.57. The summed E-state index contributed by atoms with van der Waals surface area (Å²) >= 11 is 0. The predicted molar refractivity (Wildman–Crippen MR) is 53.1 cm³/mol. The summed E-state index contributed by atoms with van der Waals surface area (Å²) in [7, 11) is 0. The number of ether oxygens (including phenoxy) is 1. The van der Waals surface area contributed by atoms with Crippen LogP contribution in [-0.2, 0) is 14.3 Å². The van der Waals surface area contributed by atoms with Gasteiger partial charge in [-0.1, -0.05) is 0 Å². The van der Waals surface area contributed by atoms with Crippen LogP contribution in [0.3, 0.4) is 0 Å². The lowest BCUT2D eigenvalue weighted by molar-refractivity contribution is -0.156. The Labute approximate surface area is 92.9 Å². The molecule has 2 heterocycles. The van der Waals surface area contributed by atoms with Crippen molar-refractivity contribution in [1.82, 2.24) is 4.90 Å². The molecule has 2 aliphatic heterocycles.